The number of likely N-dealkylation sites (N-methyl/N-ethyl adjacent to an activating group) is 1. The molecule has 0 spiro atoms. The van der Waals surface area contributed by atoms with Crippen LogP contribution < -0.4 is 5.32 Å². The number of hydrogen-bond donors (Lipinski definition) is 1. The predicted octanol–water partition coefficient (Wildman–Crippen LogP) is 3.48. The Labute approximate surface area is 129 Å². The number of fused-ring (bicyclic) bond motifs is 1. The molecule has 1 aliphatic carbocycles. The van der Waals surface area contributed by atoms with E-state index in [1.807, 2.05) is 7.05 Å². The van der Waals surface area contributed by atoms with E-state index in [1.54, 1.807) is 0 Å². The van der Waals surface area contributed by atoms with Crippen molar-refractivity contribution < 1.29 is 9.47 Å². The lowest BCUT2D eigenvalue weighted by atomic mass is 9.98. The average Bonchev–Trinajstić information content (AvgIpc) is 2.61. The van der Waals surface area contributed by atoms with Gasteiger partial charge in [-0.25, -0.2) is 0 Å². The van der Waals surface area contributed by atoms with E-state index < -0.39 is 0 Å². The Bertz CT molecular complexity index is 439. The van der Waals surface area contributed by atoms with Crippen molar-refractivity contribution in [1.82, 2.24) is 5.32 Å². The van der Waals surface area contributed by atoms with E-state index in [-0.39, 0.29) is 17.7 Å². The molecule has 0 amide bonds. The van der Waals surface area contributed by atoms with Crippen LogP contribution in [0.1, 0.15) is 50.8 Å². The van der Waals surface area contributed by atoms with E-state index in [2.05, 4.69) is 50.4 Å². The lowest BCUT2D eigenvalue weighted by Crippen LogP contribution is -2.33. The van der Waals surface area contributed by atoms with Crippen LogP contribution in [0.4, 0.5) is 0 Å². The third-order valence-corrected chi connectivity index (χ3v) is 3.96. The van der Waals surface area contributed by atoms with E-state index in [9.17, 15) is 0 Å². The summed E-state index contributed by atoms with van der Waals surface area (Å²) in [4.78, 5) is 0. The summed E-state index contributed by atoms with van der Waals surface area (Å²) in [6.45, 7) is 7.53. The smallest absolute Gasteiger partial charge is 0.0771 e. The van der Waals surface area contributed by atoms with E-state index in [1.165, 1.54) is 17.5 Å². The van der Waals surface area contributed by atoms with Crippen molar-refractivity contribution in [2.24, 2.45) is 0 Å². The second kappa shape index (κ2) is 7.39. The Morgan fingerprint density at radius 1 is 1.19 bits per heavy atom. The fraction of sp³-hybridized carbons (Fsp3) is 0.667. The van der Waals surface area contributed by atoms with Gasteiger partial charge < -0.3 is 14.8 Å². The summed E-state index contributed by atoms with van der Waals surface area (Å²) in [5, 5.41) is 3.44. The molecule has 118 valence electrons. The molecule has 3 heteroatoms. The summed E-state index contributed by atoms with van der Waals surface area (Å²) in [7, 11) is 2.02. The minimum absolute atomic E-state index is 0.0954. The Kier molecular flexibility index (Phi) is 5.80. The van der Waals surface area contributed by atoms with Crippen molar-refractivity contribution in [3.8, 4) is 0 Å². The SMILES string of the molecule is CNC1c2ccccc2CCCC1OCCOC(C)(C)C. The van der Waals surface area contributed by atoms with Gasteiger partial charge in [-0.3, -0.25) is 0 Å². The van der Waals surface area contributed by atoms with Crippen molar-refractivity contribution in [2.75, 3.05) is 20.3 Å². The summed E-state index contributed by atoms with van der Waals surface area (Å²) >= 11 is 0. The molecule has 1 N–H and O–H groups in total. The summed E-state index contributed by atoms with van der Waals surface area (Å²) in [5.41, 5.74) is 2.75. The average molecular weight is 291 g/mol. The van der Waals surface area contributed by atoms with Crippen LogP contribution in [-0.4, -0.2) is 32.0 Å². The second-order valence-corrected chi connectivity index (χ2v) is 6.73. The maximum atomic E-state index is 6.13. The molecule has 2 rings (SSSR count). The van der Waals surface area contributed by atoms with Gasteiger partial charge in [0.1, 0.15) is 0 Å². The molecular formula is C18H29NO2. The summed E-state index contributed by atoms with van der Waals surface area (Å²) < 4.78 is 11.9. The monoisotopic (exact) mass is 291 g/mol. The highest BCUT2D eigenvalue weighted by molar-refractivity contribution is 5.32. The number of aryl methyl sites for hydroxylation is 1. The van der Waals surface area contributed by atoms with Gasteiger partial charge in [-0.15, -0.1) is 0 Å². The number of ether oxygens (including phenoxy) is 2. The quantitative estimate of drug-likeness (QED) is 0.665. The molecule has 2 unspecified atom stereocenters. The molecular weight excluding hydrogens is 262 g/mol. The molecule has 0 fully saturated rings. The van der Waals surface area contributed by atoms with Crippen LogP contribution in [0.15, 0.2) is 24.3 Å². The number of hydrogen-bond acceptors (Lipinski definition) is 3. The van der Waals surface area contributed by atoms with Crippen LogP contribution in [0.3, 0.4) is 0 Å². The maximum Gasteiger partial charge on any atom is 0.0771 e. The van der Waals surface area contributed by atoms with Crippen LogP contribution in [-0.2, 0) is 15.9 Å². The van der Waals surface area contributed by atoms with Crippen LogP contribution in [0.25, 0.3) is 0 Å². The summed E-state index contributed by atoms with van der Waals surface area (Å²) in [6.07, 6.45) is 3.64. The number of rotatable bonds is 5. The van der Waals surface area contributed by atoms with Crippen LogP contribution in [0.2, 0.25) is 0 Å². The molecule has 0 heterocycles. The fourth-order valence-electron chi connectivity index (χ4n) is 2.99. The van der Waals surface area contributed by atoms with Crippen LogP contribution in [0, 0.1) is 0 Å². The molecule has 2 atom stereocenters. The van der Waals surface area contributed by atoms with E-state index in [0.717, 1.165) is 12.8 Å². The van der Waals surface area contributed by atoms with Crippen LogP contribution >= 0.6 is 0 Å². The molecule has 1 aliphatic rings. The Balaban J connectivity index is 1.96. The molecule has 0 bridgehead atoms. The number of benzene rings is 1. The van der Waals surface area contributed by atoms with Gasteiger partial charge >= 0.3 is 0 Å². The van der Waals surface area contributed by atoms with Gasteiger partial charge in [0.2, 0.25) is 0 Å². The zero-order valence-corrected chi connectivity index (χ0v) is 13.8. The zero-order valence-electron chi connectivity index (χ0n) is 13.8. The van der Waals surface area contributed by atoms with Crippen LogP contribution in [0.5, 0.6) is 0 Å². The van der Waals surface area contributed by atoms with E-state index in [4.69, 9.17) is 9.47 Å². The second-order valence-electron chi connectivity index (χ2n) is 6.73. The van der Waals surface area contributed by atoms with Gasteiger partial charge in [0.05, 0.1) is 31.0 Å². The molecule has 3 nitrogen and oxygen atoms in total. The normalized spacial score (nSPS) is 22.7. The highest BCUT2D eigenvalue weighted by Crippen LogP contribution is 2.30. The molecule has 1 aromatic rings. The minimum Gasteiger partial charge on any atom is -0.374 e. The van der Waals surface area contributed by atoms with E-state index >= 15 is 0 Å². The van der Waals surface area contributed by atoms with E-state index in [0.29, 0.717) is 13.2 Å². The molecule has 0 aromatic heterocycles. The van der Waals surface area contributed by atoms with Gasteiger partial charge in [-0.1, -0.05) is 24.3 Å². The lowest BCUT2D eigenvalue weighted by molar-refractivity contribution is -0.0596. The summed E-state index contributed by atoms with van der Waals surface area (Å²) in [6, 6.07) is 8.99. The first-order valence-corrected chi connectivity index (χ1v) is 8.02. The predicted molar refractivity (Wildman–Crippen MR) is 86.6 cm³/mol. The van der Waals surface area contributed by atoms with Crippen molar-refractivity contribution in [3.63, 3.8) is 0 Å². The van der Waals surface area contributed by atoms with Gasteiger partial charge in [0.15, 0.2) is 0 Å². The molecule has 1 aromatic carbocycles. The standard InChI is InChI=1S/C18H29NO2/c1-18(2,3)21-13-12-20-16-11-7-9-14-8-5-6-10-15(14)17(16)19-4/h5-6,8,10,16-17,19H,7,9,11-13H2,1-4H3. The maximum absolute atomic E-state index is 6.13. The molecule has 0 aliphatic heterocycles. The molecule has 0 saturated heterocycles. The van der Waals surface area contributed by atoms with Crippen molar-refractivity contribution in [2.45, 2.75) is 57.8 Å². The topological polar surface area (TPSA) is 30.5 Å². The first kappa shape index (κ1) is 16.5. The molecule has 21 heavy (non-hydrogen) atoms. The van der Waals surface area contributed by atoms with Crippen molar-refractivity contribution in [1.29, 1.82) is 0 Å². The van der Waals surface area contributed by atoms with Crippen molar-refractivity contribution >= 4 is 0 Å². The third kappa shape index (κ3) is 4.80. The summed E-state index contributed by atoms with van der Waals surface area (Å²) in [5.74, 6) is 0. The first-order chi connectivity index (χ1) is 10.0. The highest BCUT2D eigenvalue weighted by Gasteiger charge is 2.27. The Morgan fingerprint density at radius 2 is 1.95 bits per heavy atom. The minimum atomic E-state index is -0.0954. The first-order valence-electron chi connectivity index (χ1n) is 8.02. The largest absolute Gasteiger partial charge is 0.374 e. The van der Waals surface area contributed by atoms with Gasteiger partial charge in [0.25, 0.3) is 0 Å². The van der Waals surface area contributed by atoms with Crippen molar-refractivity contribution in [3.05, 3.63) is 35.4 Å². The highest BCUT2D eigenvalue weighted by atomic mass is 16.5. The molecule has 0 saturated carbocycles. The third-order valence-electron chi connectivity index (χ3n) is 3.96. The zero-order chi connectivity index (χ0) is 15.3. The van der Waals surface area contributed by atoms with Gasteiger partial charge in [-0.05, 0) is 58.2 Å². The van der Waals surface area contributed by atoms with Gasteiger partial charge in [-0.2, -0.15) is 0 Å². The Hall–Kier alpha value is -0.900. The number of nitrogens with one attached hydrogen (secondary N) is 1. The lowest BCUT2D eigenvalue weighted by Gasteiger charge is -2.27. The fourth-order valence-corrected chi connectivity index (χ4v) is 2.99. The molecule has 0 radical (unpaired) electrons. The Morgan fingerprint density at radius 3 is 2.67 bits per heavy atom. The van der Waals surface area contributed by atoms with Gasteiger partial charge in [0, 0.05) is 0 Å².